The number of amides is 1. The number of hydrogen-bond acceptors (Lipinski definition) is 7. The predicted octanol–water partition coefficient (Wildman–Crippen LogP) is 4.25. The van der Waals surface area contributed by atoms with Crippen LogP contribution in [-0.4, -0.2) is 31.7 Å². The average molecular weight is 549 g/mol. The second kappa shape index (κ2) is 11.4. The Labute approximate surface area is 226 Å². The molecule has 12 heteroatoms. The Morgan fingerprint density at radius 2 is 1.95 bits per heavy atom. The molecule has 0 aliphatic rings. The first-order valence-corrected chi connectivity index (χ1v) is 12.5. The lowest BCUT2D eigenvalue weighted by Gasteiger charge is -2.16. The third-order valence-corrected chi connectivity index (χ3v) is 6.24. The number of oxazole rings is 1. The molecule has 0 unspecified atom stereocenters. The van der Waals surface area contributed by atoms with E-state index in [0.29, 0.717) is 40.1 Å². The molecule has 0 radical (unpaired) electrons. The lowest BCUT2D eigenvalue weighted by Crippen LogP contribution is -2.25. The van der Waals surface area contributed by atoms with E-state index in [-0.39, 0.29) is 24.5 Å². The summed E-state index contributed by atoms with van der Waals surface area (Å²) in [6.07, 6.45) is 4.15. The van der Waals surface area contributed by atoms with E-state index in [2.05, 4.69) is 25.5 Å². The number of rotatable bonds is 10. The summed E-state index contributed by atoms with van der Waals surface area (Å²) in [5, 5.41) is 10.5. The zero-order valence-electron chi connectivity index (χ0n) is 21.7. The van der Waals surface area contributed by atoms with Gasteiger partial charge < -0.3 is 19.8 Å². The zero-order valence-corrected chi connectivity index (χ0v) is 21.7. The van der Waals surface area contributed by atoms with E-state index in [9.17, 15) is 18.4 Å². The fraction of sp³-hybridized carbons (Fsp3) is 0.214. The molecule has 5 aromatic rings. The number of benzene rings is 2. The minimum Gasteiger partial charge on any atom is -0.434 e. The number of carbonyl (C=O) groups is 1. The van der Waals surface area contributed by atoms with Crippen molar-refractivity contribution >= 4 is 28.4 Å². The van der Waals surface area contributed by atoms with Gasteiger partial charge in [-0.2, -0.15) is 13.9 Å². The van der Waals surface area contributed by atoms with Gasteiger partial charge in [0.25, 0.3) is 5.91 Å². The highest BCUT2D eigenvalue weighted by Gasteiger charge is 2.17. The van der Waals surface area contributed by atoms with Crippen molar-refractivity contribution in [3.63, 3.8) is 0 Å². The van der Waals surface area contributed by atoms with Crippen LogP contribution < -0.4 is 21.1 Å². The molecule has 2 N–H and O–H groups in total. The van der Waals surface area contributed by atoms with Crippen LogP contribution in [0.1, 0.15) is 40.7 Å². The van der Waals surface area contributed by atoms with Gasteiger partial charge in [-0.05, 0) is 36.2 Å². The number of carbonyl (C=O) groups excluding carboxylic acids is 1. The second-order valence-corrected chi connectivity index (χ2v) is 8.91. The van der Waals surface area contributed by atoms with Crippen molar-refractivity contribution in [2.45, 2.75) is 33.0 Å². The van der Waals surface area contributed by atoms with Crippen molar-refractivity contribution in [1.82, 2.24) is 29.8 Å². The third kappa shape index (κ3) is 5.55. The maximum atomic E-state index is 13.2. The van der Waals surface area contributed by atoms with E-state index >= 15 is 0 Å². The molecule has 10 nitrogen and oxygen atoms in total. The van der Waals surface area contributed by atoms with Gasteiger partial charge in [-0.3, -0.25) is 9.36 Å². The molecular weight excluding hydrogens is 522 g/mol. The first kappa shape index (κ1) is 26.6. The van der Waals surface area contributed by atoms with Crippen LogP contribution in [0.4, 0.5) is 8.78 Å². The van der Waals surface area contributed by atoms with Crippen LogP contribution >= 0.6 is 0 Å². The van der Waals surface area contributed by atoms with Crippen LogP contribution in [0.25, 0.3) is 22.4 Å². The maximum Gasteiger partial charge on any atom is 0.419 e. The largest absolute Gasteiger partial charge is 0.434 e. The number of halogens is 2. The summed E-state index contributed by atoms with van der Waals surface area (Å²) in [7, 11) is 1.61. The van der Waals surface area contributed by atoms with Crippen molar-refractivity contribution in [3.05, 3.63) is 99.9 Å². The van der Waals surface area contributed by atoms with Crippen LogP contribution in [0.5, 0.6) is 5.75 Å². The Morgan fingerprint density at radius 1 is 1.12 bits per heavy atom. The Bertz CT molecular complexity index is 1770. The van der Waals surface area contributed by atoms with Crippen molar-refractivity contribution in [2.75, 3.05) is 0 Å². The molecule has 1 amide bonds. The van der Waals surface area contributed by atoms with Gasteiger partial charge in [0.1, 0.15) is 11.4 Å². The van der Waals surface area contributed by atoms with Gasteiger partial charge in [-0.15, -0.1) is 0 Å². The number of nitrogens with zero attached hydrogens (tertiary/aromatic N) is 4. The number of aryl methyl sites for hydroxylation is 1. The normalized spacial score (nSPS) is 11.9. The minimum absolute atomic E-state index is 0.0774. The predicted molar refractivity (Wildman–Crippen MR) is 144 cm³/mol. The zero-order chi connectivity index (χ0) is 28.2. The monoisotopic (exact) mass is 548 g/mol. The summed E-state index contributed by atoms with van der Waals surface area (Å²) in [5.74, 6) is -0.789. The van der Waals surface area contributed by atoms with E-state index < -0.39 is 18.3 Å². The van der Waals surface area contributed by atoms with Gasteiger partial charge in [-0.25, -0.2) is 14.3 Å². The van der Waals surface area contributed by atoms with Crippen molar-refractivity contribution in [2.24, 2.45) is 7.05 Å². The minimum atomic E-state index is -2.94. The molecule has 40 heavy (non-hydrogen) atoms. The molecule has 0 spiro atoms. The highest BCUT2D eigenvalue weighted by atomic mass is 19.3. The highest BCUT2D eigenvalue weighted by Crippen LogP contribution is 2.22. The standard InChI is InChI=1S/C28H26F2N6O4/c1-3-6-19(31-16-18-7-4-5-8-23(18)39-27(29)30)21-14-20(34-25-11-12-33-36(21)25)26(37)32-15-17-9-10-24-22(13-17)35(2)28(38)40-24/h4-14,27,31H,3,15-16H2,1-2H3,(H,32,37)/b19-6-. The van der Waals surface area contributed by atoms with Gasteiger partial charge in [0.05, 0.1) is 23.1 Å². The van der Waals surface area contributed by atoms with E-state index in [1.54, 1.807) is 66.3 Å². The number of para-hydroxylation sites is 1. The Kier molecular flexibility index (Phi) is 7.58. The molecule has 0 fully saturated rings. The Morgan fingerprint density at radius 3 is 2.75 bits per heavy atom. The SMILES string of the molecule is CC/C=C(\NCc1ccccc1OC(F)F)c1cc(C(=O)NCc2ccc3oc(=O)n(C)c3c2)nc2ccnn12. The first-order valence-electron chi connectivity index (χ1n) is 12.5. The summed E-state index contributed by atoms with van der Waals surface area (Å²) in [4.78, 5) is 29.4. The molecule has 0 bridgehead atoms. The molecule has 206 valence electrons. The topological polar surface area (TPSA) is 116 Å². The van der Waals surface area contributed by atoms with Crippen LogP contribution in [0, 0.1) is 0 Å². The summed E-state index contributed by atoms with van der Waals surface area (Å²) < 4.78 is 38.6. The molecule has 3 aromatic heterocycles. The molecule has 0 aliphatic heterocycles. The summed E-state index contributed by atoms with van der Waals surface area (Å²) >= 11 is 0. The third-order valence-electron chi connectivity index (χ3n) is 6.24. The van der Waals surface area contributed by atoms with Gasteiger partial charge in [-0.1, -0.05) is 37.3 Å². The number of hydrogen-bond donors (Lipinski definition) is 2. The fourth-order valence-corrected chi connectivity index (χ4v) is 4.30. The van der Waals surface area contributed by atoms with E-state index in [4.69, 9.17) is 4.42 Å². The molecule has 0 atom stereocenters. The molecule has 2 aromatic carbocycles. The second-order valence-electron chi connectivity index (χ2n) is 8.91. The molecule has 0 saturated heterocycles. The van der Waals surface area contributed by atoms with Crippen LogP contribution in [0.3, 0.4) is 0 Å². The van der Waals surface area contributed by atoms with Crippen LogP contribution in [0.15, 0.2) is 76.1 Å². The highest BCUT2D eigenvalue weighted by molar-refractivity contribution is 5.93. The Hall–Kier alpha value is -5.00. The average Bonchev–Trinajstić information content (AvgIpc) is 3.53. The number of aromatic nitrogens is 4. The number of nitrogens with one attached hydrogen (secondary N) is 2. The van der Waals surface area contributed by atoms with Crippen LogP contribution in [0.2, 0.25) is 0 Å². The van der Waals surface area contributed by atoms with Crippen LogP contribution in [-0.2, 0) is 20.1 Å². The maximum absolute atomic E-state index is 13.2. The van der Waals surface area contributed by atoms with E-state index in [0.717, 1.165) is 5.56 Å². The van der Waals surface area contributed by atoms with Crippen molar-refractivity contribution in [1.29, 1.82) is 0 Å². The van der Waals surface area contributed by atoms with E-state index in [1.165, 1.54) is 10.6 Å². The lowest BCUT2D eigenvalue weighted by atomic mass is 10.1. The molecule has 5 rings (SSSR count). The number of fused-ring (bicyclic) bond motifs is 2. The van der Waals surface area contributed by atoms with Crippen molar-refractivity contribution < 1.29 is 22.7 Å². The summed E-state index contributed by atoms with van der Waals surface area (Å²) in [6.45, 7) is -0.588. The number of ether oxygens (including phenoxy) is 1. The molecule has 0 aliphatic carbocycles. The number of allylic oxidation sites excluding steroid dienone is 1. The summed E-state index contributed by atoms with van der Waals surface area (Å²) in [6, 6.07) is 15.1. The molecule has 3 heterocycles. The smallest absolute Gasteiger partial charge is 0.419 e. The molecule has 0 saturated carbocycles. The van der Waals surface area contributed by atoms with Gasteiger partial charge in [0.15, 0.2) is 11.2 Å². The number of alkyl halides is 2. The lowest BCUT2D eigenvalue weighted by molar-refractivity contribution is -0.0504. The molecular formula is C28H26F2N6O4. The Balaban J connectivity index is 1.39. The van der Waals surface area contributed by atoms with Crippen molar-refractivity contribution in [3.8, 4) is 5.75 Å². The summed E-state index contributed by atoms with van der Waals surface area (Å²) in [5.41, 5.74) is 4.26. The quantitative estimate of drug-likeness (QED) is 0.268. The fourth-order valence-electron chi connectivity index (χ4n) is 4.30. The van der Waals surface area contributed by atoms with E-state index in [1.807, 2.05) is 13.0 Å². The van der Waals surface area contributed by atoms with Gasteiger partial charge in [0, 0.05) is 31.8 Å². The first-order chi connectivity index (χ1) is 19.3. The van der Waals surface area contributed by atoms with Gasteiger partial charge >= 0.3 is 12.4 Å². The van der Waals surface area contributed by atoms with Gasteiger partial charge in [0.2, 0.25) is 0 Å².